The number of nitrogens with one attached hydrogen (secondary N) is 1. The first-order chi connectivity index (χ1) is 8.49. The van der Waals surface area contributed by atoms with Crippen molar-refractivity contribution in [3.05, 3.63) is 28.8 Å². The Labute approximate surface area is 112 Å². The van der Waals surface area contributed by atoms with Crippen LogP contribution in [0.15, 0.2) is 18.2 Å². The van der Waals surface area contributed by atoms with Gasteiger partial charge in [0, 0.05) is 30.2 Å². The summed E-state index contributed by atoms with van der Waals surface area (Å²) in [6, 6.07) is 5.88. The molecule has 0 aromatic heterocycles. The molecule has 1 aromatic carbocycles. The van der Waals surface area contributed by atoms with Gasteiger partial charge in [-0.15, -0.1) is 0 Å². The average molecular weight is 268 g/mol. The number of amides is 1. The molecule has 1 aromatic rings. The van der Waals surface area contributed by atoms with Gasteiger partial charge in [-0.05, 0) is 32.0 Å². The van der Waals surface area contributed by atoms with E-state index in [0.717, 1.165) is 18.8 Å². The molecule has 0 bridgehead atoms. The molecule has 0 aliphatic carbocycles. The summed E-state index contributed by atoms with van der Waals surface area (Å²) in [5, 5.41) is 4.02. The summed E-state index contributed by atoms with van der Waals surface area (Å²) in [5.41, 5.74) is 6.78. The second-order valence-corrected chi connectivity index (χ2v) is 5.27. The molecular weight excluding hydrogens is 250 g/mol. The molecule has 1 saturated heterocycles. The molecule has 2 rings (SSSR count). The fourth-order valence-electron chi connectivity index (χ4n) is 2.31. The minimum absolute atomic E-state index is 0.303. The zero-order valence-electron chi connectivity index (χ0n) is 10.6. The van der Waals surface area contributed by atoms with Gasteiger partial charge < -0.3 is 16.0 Å². The third-order valence-electron chi connectivity index (χ3n) is 3.30. The highest BCUT2D eigenvalue weighted by Crippen LogP contribution is 2.27. The fourth-order valence-corrected chi connectivity index (χ4v) is 2.47. The molecule has 0 radical (unpaired) electrons. The lowest BCUT2D eigenvalue weighted by atomic mass is 10.1. The van der Waals surface area contributed by atoms with Gasteiger partial charge in [0.1, 0.15) is 0 Å². The quantitative estimate of drug-likeness (QED) is 0.856. The smallest absolute Gasteiger partial charge is 0.250 e. The molecule has 2 atom stereocenters. The van der Waals surface area contributed by atoms with Crippen LogP contribution in [0.3, 0.4) is 0 Å². The Morgan fingerprint density at radius 3 is 2.89 bits per heavy atom. The van der Waals surface area contributed by atoms with Crippen LogP contribution in [-0.4, -0.2) is 31.1 Å². The van der Waals surface area contributed by atoms with Crippen LogP contribution in [0.4, 0.5) is 5.69 Å². The Balaban J connectivity index is 2.41. The van der Waals surface area contributed by atoms with E-state index in [1.165, 1.54) is 0 Å². The third kappa shape index (κ3) is 2.60. The highest BCUT2D eigenvalue weighted by Gasteiger charge is 2.25. The Hall–Kier alpha value is -1.26. The van der Waals surface area contributed by atoms with Gasteiger partial charge >= 0.3 is 0 Å². The van der Waals surface area contributed by atoms with Gasteiger partial charge in [-0.3, -0.25) is 4.79 Å². The molecule has 0 spiro atoms. The summed E-state index contributed by atoms with van der Waals surface area (Å²) in [5.74, 6) is -0.417. The van der Waals surface area contributed by atoms with Crippen molar-refractivity contribution >= 4 is 23.2 Å². The number of hydrogen-bond donors (Lipinski definition) is 2. The maximum atomic E-state index is 11.5. The van der Waals surface area contributed by atoms with Crippen LogP contribution in [0.5, 0.6) is 0 Å². The van der Waals surface area contributed by atoms with Crippen molar-refractivity contribution in [1.29, 1.82) is 0 Å². The predicted octanol–water partition coefficient (Wildman–Crippen LogP) is 1.63. The molecule has 1 heterocycles. The van der Waals surface area contributed by atoms with E-state index >= 15 is 0 Å². The normalized spacial score (nSPS) is 24.1. The van der Waals surface area contributed by atoms with E-state index in [-0.39, 0.29) is 0 Å². The van der Waals surface area contributed by atoms with Crippen molar-refractivity contribution in [3.63, 3.8) is 0 Å². The van der Waals surface area contributed by atoms with Crippen molar-refractivity contribution < 1.29 is 4.79 Å². The van der Waals surface area contributed by atoms with Crippen LogP contribution in [-0.2, 0) is 0 Å². The molecule has 1 amide bonds. The second-order valence-electron chi connectivity index (χ2n) is 4.84. The lowest BCUT2D eigenvalue weighted by molar-refractivity contribution is 0.100. The largest absolute Gasteiger partial charge is 0.366 e. The SMILES string of the molecule is CC1CN(c2cc(Cl)ccc2C(N)=O)C(C)CN1. The fraction of sp³-hybridized carbons (Fsp3) is 0.462. The van der Waals surface area contributed by atoms with Gasteiger partial charge in [0.15, 0.2) is 0 Å². The molecule has 2 unspecified atom stereocenters. The van der Waals surface area contributed by atoms with Crippen molar-refractivity contribution in [1.82, 2.24) is 5.32 Å². The minimum atomic E-state index is -0.417. The molecule has 5 heteroatoms. The number of carbonyl (C=O) groups excluding carboxylic acids is 1. The number of primary amides is 1. The summed E-state index contributed by atoms with van der Waals surface area (Å²) < 4.78 is 0. The predicted molar refractivity (Wildman–Crippen MR) is 74.2 cm³/mol. The average Bonchev–Trinajstić information content (AvgIpc) is 2.31. The van der Waals surface area contributed by atoms with E-state index in [4.69, 9.17) is 17.3 Å². The van der Waals surface area contributed by atoms with Crippen molar-refractivity contribution in [2.45, 2.75) is 25.9 Å². The Kier molecular flexibility index (Phi) is 3.78. The lowest BCUT2D eigenvalue weighted by Gasteiger charge is -2.40. The van der Waals surface area contributed by atoms with Crippen LogP contribution >= 0.6 is 11.6 Å². The number of carbonyl (C=O) groups is 1. The minimum Gasteiger partial charge on any atom is -0.366 e. The molecule has 98 valence electrons. The van der Waals surface area contributed by atoms with E-state index in [0.29, 0.717) is 22.7 Å². The van der Waals surface area contributed by atoms with Crippen molar-refractivity contribution in [2.24, 2.45) is 5.73 Å². The number of anilines is 1. The van der Waals surface area contributed by atoms with Gasteiger partial charge in [-0.2, -0.15) is 0 Å². The van der Waals surface area contributed by atoms with Crippen molar-refractivity contribution in [2.75, 3.05) is 18.0 Å². The Bertz CT molecular complexity index is 464. The molecule has 0 saturated carbocycles. The van der Waals surface area contributed by atoms with E-state index in [9.17, 15) is 4.79 Å². The number of nitrogens with two attached hydrogens (primary N) is 1. The maximum Gasteiger partial charge on any atom is 0.250 e. The van der Waals surface area contributed by atoms with Crippen LogP contribution in [0.25, 0.3) is 0 Å². The number of benzene rings is 1. The molecular formula is C13H18ClN3O. The monoisotopic (exact) mass is 267 g/mol. The molecule has 3 N–H and O–H groups in total. The van der Waals surface area contributed by atoms with Crippen molar-refractivity contribution in [3.8, 4) is 0 Å². The third-order valence-corrected chi connectivity index (χ3v) is 3.53. The summed E-state index contributed by atoms with van der Waals surface area (Å²) in [7, 11) is 0. The number of halogens is 1. The highest BCUT2D eigenvalue weighted by molar-refractivity contribution is 6.31. The number of nitrogens with zero attached hydrogens (tertiary/aromatic N) is 1. The van der Waals surface area contributed by atoms with Gasteiger partial charge in [0.25, 0.3) is 5.91 Å². The number of piperazine rings is 1. The van der Waals surface area contributed by atoms with Gasteiger partial charge in [0.05, 0.1) is 11.3 Å². The van der Waals surface area contributed by atoms with E-state index < -0.39 is 5.91 Å². The van der Waals surface area contributed by atoms with E-state index in [2.05, 4.69) is 24.1 Å². The summed E-state index contributed by atoms with van der Waals surface area (Å²) >= 11 is 6.03. The first-order valence-electron chi connectivity index (χ1n) is 6.08. The highest BCUT2D eigenvalue weighted by atomic mass is 35.5. The summed E-state index contributed by atoms with van der Waals surface area (Å²) in [6.45, 7) is 5.95. The Morgan fingerprint density at radius 1 is 1.50 bits per heavy atom. The van der Waals surface area contributed by atoms with Crippen LogP contribution in [0.2, 0.25) is 5.02 Å². The Morgan fingerprint density at radius 2 is 2.22 bits per heavy atom. The van der Waals surface area contributed by atoms with Gasteiger partial charge in [-0.25, -0.2) is 0 Å². The molecule has 4 nitrogen and oxygen atoms in total. The first kappa shape index (κ1) is 13.2. The van der Waals surface area contributed by atoms with Gasteiger partial charge in [0.2, 0.25) is 0 Å². The van der Waals surface area contributed by atoms with Crippen LogP contribution in [0.1, 0.15) is 24.2 Å². The van der Waals surface area contributed by atoms with Crippen LogP contribution < -0.4 is 16.0 Å². The zero-order chi connectivity index (χ0) is 13.3. The topological polar surface area (TPSA) is 58.4 Å². The molecule has 1 aliphatic heterocycles. The second kappa shape index (κ2) is 5.16. The maximum absolute atomic E-state index is 11.5. The number of hydrogen-bond acceptors (Lipinski definition) is 3. The molecule has 1 fully saturated rings. The summed E-state index contributed by atoms with van der Waals surface area (Å²) in [6.07, 6.45) is 0. The standard InChI is InChI=1S/C13H18ClN3O/c1-8-7-17(9(2)6-16-8)12-5-10(14)3-4-11(12)13(15)18/h3-5,8-9,16H,6-7H2,1-2H3,(H2,15,18). The van der Waals surface area contributed by atoms with Crippen LogP contribution in [0, 0.1) is 0 Å². The van der Waals surface area contributed by atoms with E-state index in [1.54, 1.807) is 12.1 Å². The van der Waals surface area contributed by atoms with Gasteiger partial charge in [-0.1, -0.05) is 11.6 Å². The number of rotatable bonds is 2. The summed E-state index contributed by atoms with van der Waals surface area (Å²) in [4.78, 5) is 13.7. The first-order valence-corrected chi connectivity index (χ1v) is 6.46. The zero-order valence-corrected chi connectivity index (χ0v) is 11.4. The molecule has 1 aliphatic rings. The molecule has 18 heavy (non-hydrogen) atoms. The van der Waals surface area contributed by atoms with E-state index in [1.807, 2.05) is 6.07 Å². The lowest BCUT2D eigenvalue weighted by Crippen LogP contribution is -2.54.